The minimum absolute atomic E-state index is 0.794. The van der Waals surface area contributed by atoms with Crippen molar-refractivity contribution in [2.24, 2.45) is 11.8 Å². The quantitative estimate of drug-likeness (QED) is 0.556. The molecule has 0 atom stereocenters. The van der Waals surface area contributed by atoms with Crippen molar-refractivity contribution in [3.05, 3.63) is 47.1 Å². The first-order chi connectivity index (χ1) is 9.80. The molecule has 0 heteroatoms. The SMILES string of the molecule is C/C=C(\C1=C(CC)CC=CC=C1)C1CCC(CC)CC1. The number of rotatable bonds is 4. The Kier molecular flexibility index (Phi) is 5.88. The summed E-state index contributed by atoms with van der Waals surface area (Å²) in [5.41, 5.74) is 4.78. The minimum atomic E-state index is 0.794. The van der Waals surface area contributed by atoms with Crippen LogP contribution >= 0.6 is 0 Å². The Hall–Kier alpha value is -1.04. The molecule has 0 aromatic heterocycles. The fourth-order valence-electron chi connectivity index (χ4n) is 3.80. The van der Waals surface area contributed by atoms with Gasteiger partial charge in [0, 0.05) is 0 Å². The molecule has 0 nitrogen and oxygen atoms in total. The van der Waals surface area contributed by atoms with E-state index < -0.39 is 0 Å². The highest BCUT2D eigenvalue weighted by Gasteiger charge is 2.24. The maximum Gasteiger partial charge on any atom is -0.0127 e. The topological polar surface area (TPSA) is 0 Å². The molecule has 0 saturated heterocycles. The van der Waals surface area contributed by atoms with Crippen LogP contribution in [0, 0.1) is 11.8 Å². The van der Waals surface area contributed by atoms with Crippen LogP contribution < -0.4 is 0 Å². The summed E-state index contributed by atoms with van der Waals surface area (Å²) in [5, 5.41) is 0. The fourth-order valence-corrected chi connectivity index (χ4v) is 3.80. The number of hydrogen-bond donors (Lipinski definition) is 0. The summed E-state index contributed by atoms with van der Waals surface area (Å²) >= 11 is 0. The van der Waals surface area contributed by atoms with Crippen LogP contribution in [-0.2, 0) is 0 Å². The highest BCUT2D eigenvalue weighted by Crippen LogP contribution is 2.39. The predicted molar refractivity (Wildman–Crippen MR) is 89.7 cm³/mol. The van der Waals surface area contributed by atoms with Crippen LogP contribution in [0.25, 0.3) is 0 Å². The smallest absolute Gasteiger partial charge is 0.0127 e. The Morgan fingerprint density at radius 1 is 1.15 bits per heavy atom. The van der Waals surface area contributed by atoms with Gasteiger partial charge in [0.15, 0.2) is 0 Å². The lowest BCUT2D eigenvalue weighted by Gasteiger charge is -2.31. The largest absolute Gasteiger partial charge is 0.0836 e. The Balaban J connectivity index is 2.18. The van der Waals surface area contributed by atoms with E-state index in [2.05, 4.69) is 51.2 Å². The lowest BCUT2D eigenvalue weighted by molar-refractivity contribution is 0.296. The molecule has 1 fully saturated rings. The standard InChI is InChI=1S/C20H30/c1-4-16-12-14-18(15-13-16)19(6-3)20-11-9-7-8-10-17(20)5-2/h6-9,11,16,18H,4-5,10,12-15H2,1-3H3/b19-6-. The van der Waals surface area contributed by atoms with Gasteiger partial charge < -0.3 is 0 Å². The second kappa shape index (κ2) is 7.67. The summed E-state index contributed by atoms with van der Waals surface area (Å²) < 4.78 is 0. The zero-order valence-corrected chi connectivity index (χ0v) is 13.5. The zero-order valence-electron chi connectivity index (χ0n) is 13.5. The van der Waals surface area contributed by atoms with Crippen LogP contribution in [0.3, 0.4) is 0 Å². The number of allylic oxidation sites excluding steroid dienone is 8. The van der Waals surface area contributed by atoms with Gasteiger partial charge in [0.05, 0.1) is 0 Å². The van der Waals surface area contributed by atoms with Crippen LogP contribution in [0.1, 0.15) is 65.7 Å². The molecule has 0 heterocycles. The molecule has 0 amide bonds. The summed E-state index contributed by atoms with van der Waals surface area (Å²) in [5.74, 6) is 1.78. The number of hydrogen-bond acceptors (Lipinski definition) is 0. The molecule has 0 aromatic carbocycles. The average Bonchev–Trinajstić information content (AvgIpc) is 2.74. The third-order valence-electron chi connectivity index (χ3n) is 5.17. The second-order valence-corrected chi connectivity index (χ2v) is 6.23. The third-order valence-corrected chi connectivity index (χ3v) is 5.17. The van der Waals surface area contributed by atoms with Crippen molar-refractivity contribution >= 4 is 0 Å². The second-order valence-electron chi connectivity index (χ2n) is 6.23. The first-order valence-corrected chi connectivity index (χ1v) is 8.51. The lowest BCUT2D eigenvalue weighted by Crippen LogP contribution is -2.17. The summed E-state index contributed by atoms with van der Waals surface area (Å²) in [6.07, 6.45) is 20.7. The molecular formula is C20H30. The van der Waals surface area contributed by atoms with Crippen molar-refractivity contribution in [1.29, 1.82) is 0 Å². The molecule has 0 aliphatic heterocycles. The first-order valence-electron chi connectivity index (χ1n) is 8.51. The van der Waals surface area contributed by atoms with Crippen molar-refractivity contribution < 1.29 is 0 Å². The molecule has 0 aromatic rings. The molecule has 2 rings (SSSR count). The Morgan fingerprint density at radius 3 is 2.50 bits per heavy atom. The van der Waals surface area contributed by atoms with E-state index in [9.17, 15) is 0 Å². The van der Waals surface area contributed by atoms with Crippen LogP contribution in [0.15, 0.2) is 47.1 Å². The third kappa shape index (κ3) is 3.53. The van der Waals surface area contributed by atoms with Gasteiger partial charge in [-0.1, -0.05) is 56.2 Å². The molecule has 0 spiro atoms. The van der Waals surface area contributed by atoms with Crippen LogP contribution in [0.5, 0.6) is 0 Å². The monoisotopic (exact) mass is 270 g/mol. The molecule has 2 aliphatic carbocycles. The van der Waals surface area contributed by atoms with E-state index in [4.69, 9.17) is 0 Å². The predicted octanol–water partition coefficient (Wildman–Crippen LogP) is 6.37. The van der Waals surface area contributed by atoms with Gasteiger partial charge in [0.2, 0.25) is 0 Å². The van der Waals surface area contributed by atoms with E-state index in [1.54, 1.807) is 16.7 Å². The summed E-state index contributed by atoms with van der Waals surface area (Å²) in [4.78, 5) is 0. The maximum atomic E-state index is 2.39. The van der Waals surface area contributed by atoms with Crippen molar-refractivity contribution in [3.8, 4) is 0 Å². The highest BCUT2D eigenvalue weighted by molar-refractivity contribution is 5.47. The Morgan fingerprint density at radius 2 is 1.90 bits per heavy atom. The summed E-state index contributed by atoms with van der Waals surface area (Å²) in [6.45, 7) is 6.87. The highest BCUT2D eigenvalue weighted by atomic mass is 14.3. The van der Waals surface area contributed by atoms with Crippen molar-refractivity contribution in [2.75, 3.05) is 0 Å². The van der Waals surface area contributed by atoms with E-state index in [1.165, 1.54) is 38.5 Å². The van der Waals surface area contributed by atoms with Crippen molar-refractivity contribution in [1.82, 2.24) is 0 Å². The molecule has 2 aliphatic rings. The Bertz CT molecular complexity index is 423. The molecule has 1 saturated carbocycles. The lowest BCUT2D eigenvalue weighted by atomic mass is 9.75. The van der Waals surface area contributed by atoms with Crippen LogP contribution in [-0.4, -0.2) is 0 Å². The zero-order chi connectivity index (χ0) is 14.4. The van der Waals surface area contributed by atoms with Crippen molar-refractivity contribution in [2.45, 2.75) is 65.7 Å². The van der Waals surface area contributed by atoms with Gasteiger partial charge in [-0.3, -0.25) is 0 Å². The van der Waals surface area contributed by atoms with E-state index in [1.807, 2.05) is 0 Å². The molecule has 0 radical (unpaired) electrons. The van der Waals surface area contributed by atoms with Crippen LogP contribution in [0.2, 0.25) is 0 Å². The van der Waals surface area contributed by atoms with Gasteiger partial charge in [-0.05, 0) is 68.4 Å². The average molecular weight is 270 g/mol. The van der Waals surface area contributed by atoms with E-state index in [-0.39, 0.29) is 0 Å². The van der Waals surface area contributed by atoms with Crippen LogP contribution in [0.4, 0.5) is 0 Å². The summed E-state index contributed by atoms with van der Waals surface area (Å²) in [6, 6.07) is 0. The van der Waals surface area contributed by atoms with E-state index in [0.29, 0.717) is 0 Å². The minimum Gasteiger partial charge on any atom is -0.0836 e. The fraction of sp³-hybridized carbons (Fsp3) is 0.600. The van der Waals surface area contributed by atoms with Gasteiger partial charge in [0.1, 0.15) is 0 Å². The molecule has 110 valence electrons. The molecule has 0 N–H and O–H groups in total. The Labute approximate surface area is 125 Å². The van der Waals surface area contributed by atoms with Gasteiger partial charge >= 0.3 is 0 Å². The van der Waals surface area contributed by atoms with E-state index >= 15 is 0 Å². The first kappa shape index (κ1) is 15.4. The molecule has 0 unspecified atom stereocenters. The van der Waals surface area contributed by atoms with Gasteiger partial charge in [-0.2, -0.15) is 0 Å². The summed E-state index contributed by atoms with van der Waals surface area (Å²) in [7, 11) is 0. The molecular weight excluding hydrogens is 240 g/mol. The maximum absolute atomic E-state index is 2.39. The van der Waals surface area contributed by atoms with Gasteiger partial charge in [-0.25, -0.2) is 0 Å². The van der Waals surface area contributed by atoms with Crippen molar-refractivity contribution in [3.63, 3.8) is 0 Å². The van der Waals surface area contributed by atoms with Gasteiger partial charge in [0.25, 0.3) is 0 Å². The molecule has 20 heavy (non-hydrogen) atoms. The normalized spacial score (nSPS) is 27.9. The molecule has 0 bridgehead atoms. The van der Waals surface area contributed by atoms with E-state index in [0.717, 1.165) is 18.3 Å². The van der Waals surface area contributed by atoms with Gasteiger partial charge in [-0.15, -0.1) is 0 Å².